The van der Waals surface area contributed by atoms with E-state index in [2.05, 4.69) is 0 Å². The van der Waals surface area contributed by atoms with Gasteiger partial charge in [0, 0.05) is 6.26 Å². The van der Waals surface area contributed by atoms with Crippen LogP contribution in [-0.4, -0.2) is 32.8 Å². The number of fused-ring (bicyclic) bond motifs is 2. The molecule has 1 amide bonds. The van der Waals surface area contributed by atoms with Crippen LogP contribution in [0.4, 0.5) is 19.4 Å². The molecule has 5 nitrogen and oxygen atoms in total. The molecular formula is C15H18F5NO4S2. The number of amides is 1. The summed E-state index contributed by atoms with van der Waals surface area (Å²) in [5.74, 6) is -2.28. The Morgan fingerprint density at radius 1 is 1.11 bits per heavy atom. The highest BCUT2D eigenvalue weighted by molar-refractivity contribution is 8.45. The number of sulfone groups is 1. The van der Waals surface area contributed by atoms with Gasteiger partial charge in [0.15, 0.2) is 9.84 Å². The number of carbonyl (C=O) groups excluding carboxylic acids is 1. The van der Waals surface area contributed by atoms with Crippen molar-refractivity contribution < 1.29 is 37.4 Å². The monoisotopic (exact) mass is 435 g/mol. The van der Waals surface area contributed by atoms with Crippen molar-refractivity contribution in [2.24, 2.45) is 5.73 Å². The summed E-state index contributed by atoms with van der Waals surface area (Å²) in [5, 5.41) is 0. The molecule has 12 heteroatoms. The Labute approximate surface area is 152 Å². The van der Waals surface area contributed by atoms with Gasteiger partial charge < -0.3 is 10.5 Å². The fourth-order valence-electron chi connectivity index (χ4n) is 3.86. The highest BCUT2D eigenvalue weighted by atomic mass is 32.5. The number of benzene rings is 1. The minimum absolute atomic E-state index is 0.155. The molecule has 2 atom stereocenters. The molecule has 0 spiro atoms. The Kier molecular flexibility index (Phi) is 4.03. The first-order valence-electron chi connectivity index (χ1n) is 8.03. The van der Waals surface area contributed by atoms with E-state index in [1.54, 1.807) is 0 Å². The Hall–Kier alpha value is -1.40. The number of hydrogen-bond acceptors (Lipinski definition) is 4. The molecule has 1 aromatic rings. The van der Waals surface area contributed by atoms with Crippen molar-refractivity contribution in [2.75, 3.05) is 6.26 Å². The fraction of sp³-hybridized carbons (Fsp3) is 0.533. The first-order valence-corrected chi connectivity index (χ1v) is 11.9. The summed E-state index contributed by atoms with van der Waals surface area (Å²) >= 11 is 0. The molecule has 2 aliphatic heterocycles. The maximum Gasteiger partial charge on any atom is 0.310 e. The summed E-state index contributed by atoms with van der Waals surface area (Å²) < 4.78 is 97.1. The third-order valence-electron chi connectivity index (χ3n) is 4.90. The van der Waals surface area contributed by atoms with E-state index < -0.39 is 52.8 Å². The molecule has 2 aliphatic rings. The third kappa shape index (κ3) is 4.06. The summed E-state index contributed by atoms with van der Waals surface area (Å²) in [5.41, 5.74) is 3.53. The average Bonchev–Trinajstić information content (AvgIpc) is 2.81. The van der Waals surface area contributed by atoms with E-state index in [1.165, 1.54) is 0 Å². The number of hydrogen-bond donors (Lipinski definition) is 1. The van der Waals surface area contributed by atoms with E-state index in [0.717, 1.165) is 0 Å². The van der Waals surface area contributed by atoms with Crippen LogP contribution in [0.15, 0.2) is 21.9 Å². The number of rotatable bonds is 4. The predicted molar refractivity (Wildman–Crippen MR) is 89.3 cm³/mol. The van der Waals surface area contributed by atoms with Gasteiger partial charge in [0.1, 0.15) is 4.90 Å². The van der Waals surface area contributed by atoms with Crippen molar-refractivity contribution >= 4 is 26.0 Å². The van der Waals surface area contributed by atoms with Gasteiger partial charge in [-0.25, -0.2) is 8.42 Å². The van der Waals surface area contributed by atoms with Crippen LogP contribution in [0, 0.1) is 0 Å². The summed E-state index contributed by atoms with van der Waals surface area (Å²) in [6, 6.07) is 0.0114. The van der Waals surface area contributed by atoms with Gasteiger partial charge in [0.2, 0.25) is 5.91 Å². The number of primary amides is 1. The zero-order valence-corrected chi connectivity index (χ0v) is 15.8. The molecule has 1 aromatic carbocycles. The van der Waals surface area contributed by atoms with E-state index in [4.69, 9.17) is 10.5 Å². The Balaban J connectivity index is 2.32. The van der Waals surface area contributed by atoms with E-state index in [0.29, 0.717) is 19.1 Å². The molecule has 2 N–H and O–H groups in total. The van der Waals surface area contributed by atoms with Gasteiger partial charge >= 0.3 is 10.2 Å². The van der Waals surface area contributed by atoms with Crippen LogP contribution in [0.5, 0.6) is 0 Å². The van der Waals surface area contributed by atoms with Crippen LogP contribution in [-0.2, 0) is 14.6 Å². The number of halogens is 5. The second-order valence-electron chi connectivity index (χ2n) is 7.12. The number of ether oxygens (including phenoxy) is 1. The first kappa shape index (κ1) is 20.3. The van der Waals surface area contributed by atoms with Crippen LogP contribution in [0.2, 0.25) is 0 Å². The SMILES string of the molecule is CS(=O)(=O)c1c(C(N)=O)cc(S(F)(F)(F)(F)F)cc1C1CC2CCC(C1)O2. The molecule has 3 rings (SSSR count). The van der Waals surface area contributed by atoms with Crippen LogP contribution < -0.4 is 5.73 Å². The zero-order chi connectivity index (χ0) is 20.5. The van der Waals surface area contributed by atoms with Crippen molar-refractivity contribution in [3.05, 3.63) is 23.3 Å². The second kappa shape index (κ2) is 5.35. The van der Waals surface area contributed by atoms with E-state index in [1.807, 2.05) is 0 Å². The molecule has 2 bridgehead atoms. The molecule has 27 heavy (non-hydrogen) atoms. The maximum absolute atomic E-state index is 13.4. The highest BCUT2D eigenvalue weighted by Gasteiger charge is 2.66. The molecule has 0 saturated carbocycles. The lowest BCUT2D eigenvalue weighted by atomic mass is 9.87. The molecule has 2 fully saturated rings. The van der Waals surface area contributed by atoms with Crippen LogP contribution in [0.25, 0.3) is 0 Å². The minimum Gasteiger partial charge on any atom is -0.375 e. The van der Waals surface area contributed by atoms with Gasteiger partial charge in [-0.3, -0.25) is 4.79 Å². The van der Waals surface area contributed by atoms with Crippen LogP contribution >= 0.6 is 10.2 Å². The molecule has 0 aromatic heterocycles. The van der Waals surface area contributed by atoms with Crippen molar-refractivity contribution in [3.63, 3.8) is 0 Å². The van der Waals surface area contributed by atoms with Gasteiger partial charge in [-0.2, -0.15) is 0 Å². The lowest BCUT2D eigenvalue weighted by Crippen LogP contribution is -2.27. The van der Waals surface area contributed by atoms with E-state index in [-0.39, 0.29) is 37.2 Å². The van der Waals surface area contributed by atoms with Crippen molar-refractivity contribution in [1.29, 1.82) is 0 Å². The average molecular weight is 435 g/mol. The van der Waals surface area contributed by atoms with Gasteiger partial charge in [0.25, 0.3) is 0 Å². The smallest absolute Gasteiger partial charge is 0.310 e. The Morgan fingerprint density at radius 3 is 2.04 bits per heavy atom. The lowest BCUT2D eigenvalue weighted by molar-refractivity contribution is -0.00423. The van der Waals surface area contributed by atoms with E-state index >= 15 is 0 Å². The largest absolute Gasteiger partial charge is 0.375 e. The second-order valence-corrected chi connectivity index (χ2v) is 11.5. The number of carbonyl (C=O) groups is 1. The van der Waals surface area contributed by atoms with Gasteiger partial charge in [-0.1, -0.05) is 19.4 Å². The summed E-state index contributed by atoms with van der Waals surface area (Å²) in [4.78, 5) is 8.64. The molecule has 0 radical (unpaired) electrons. The summed E-state index contributed by atoms with van der Waals surface area (Å²) in [6.07, 6.45) is 1.79. The van der Waals surface area contributed by atoms with Crippen LogP contribution in [0.3, 0.4) is 0 Å². The van der Waals surface area contributed by atoms with Gasteiger partial charge in [-0.05, 0) is 49.3 Å². The first-order chi connectivity index (χ1) is 12.0. The lowest BCUT2D eigenvalue weighted by Gasteiger charge is -2.41. The zero-order valence-electron chi connectivity index (χ0n) is 14.1. The molecule has 0 aliphatic carbocycles. The maximum atomic E-state index is 13.4. The molecule has 154 valence electrons. The highest BCUT2D eigenvalue weighted by Crippen LogP contribution is 3.02. The van der Waals surface area contributed by atoms with E-state index in [9.17, 15) is 32.6 Å². The van der Waals surface area contributed by atoms with Gasteiger partial charge in [-0.15, -0.1) is 0 Å². The van der Waals surface area contributed by atoms with Crippen LogP contribution in [0.1, 0.15) is 47.5 Å². The number of nitrogens with two attached hydrogens (primary N) is 1. The quantitative estimate of drug-likeness (QED) is 0.716. The third-order valence-corrected chi connectivity index (χ3v) is 7.23. The topological polar surface area (TPSA) is 86.5 Å². The molecule has 2 unspecified atom stereocenters. The minimum atomic E-state index is -10.2. The standard InChI is InChI=1S/C15H18F5NO4S2/c1-26(23,24)14-12(8-4-9-2-3-10(5-8)25-9)6-11(7-13(14)15(21)22)27(16,17,18,19)20/h6-10H,2-5H2,1H3,(H2,21,22). The molecular weight excluding hydrogens is 417 g/mol. The van der Waals surface area contributed by atoms with Crippen molar-refractivity contribution in [2.45, 2.75) is 53.6 Å². The van der Waals surface area contributed by atoms with Gasteiger partial charge in [0.05, 0.1) is 22.7 Å². The Morgan fingerprint density at radius 2 is 1.63 bits per heavy atom. The summed E-state index contributed by atoms with van der Waals surface area (Å²) in [7, 11) is -14.4. The van der Waals surface area contributed by atoms with Crippen molar-refractivity contribution in [3.8, 4) is 0 Å². The van der Waals surface area contributed by atoms with Crippen molar-refractivity contribution in [1.82, 2.24) is 0 Å². The Bertz CT molecular complexity index is 918. The molecule has 2 heterocycles. The molecule has 2 saturated heterocycles. The predicted octanol–water partition coefficient (Wildman–Crippen LogP) is 4.27. The fourth-order valence-corrected chi connectivity index (χ4v) is 5.76. The summed E-state index contributed by atoms with van der Waals surface area (Å²) in [6.45, 7) is 0. The normalized spacial score (nSPS) is 28.4.